The maximum absolute atomic E-state index is 13.0. The molecule has 3 rings (SSSR count). The van der Waals surface area contributed by atoms with Crippen LogP contribution in [0.2, 0.25) is 0 Å². The summed E-state index contributed by atoms with van der Waals surface area (Å²) in [7, 11) is -0.677. The van der Waals surface area contributed by atoms with Crippen LogP contribution < -0.4 is 14.8 Å². The minimum atomic E-state index is -3.65. The van der Waals surface area contributed by atoms with Crippen LogP contribution in [0.3, 0.4) is 0 Å². The standard InChI is InChI=1S/C20H26N2O5S2/c1-26-18-6-5-17(14-19(18)27-2)29(24,25)22-11-8-15(9-12-22)20(23)21-10-7-16-4-3-13-28-16/h3-6,13-15H,7-12H2,1-2H3,(H,21,23). The Morgan fingerprint density at radius 2 is 1.90 bits per heavy atom. The first-order chi connectivity index (χ1) is 14.0. The number of carbonyl (C=O) groups is 1. The molecule has 0 aliphatic carbocycles. The Hall–Kier alpha value is -2.10. The molecule has 1 saturated heterocycles. The minimum absolute atomic E-state index is 0.00437. The molecule has 1 aliphatic heterocycles. The van der Waals surface area contributed by atoms with E-state index in [9.17, 15) is 13.2 Å². The van der Waals surface area contributed by atoms with Crippen molar-refractivity contribution in [2.75, 3.05) is 33.9 Å². The fraction of sp³-hybridized carbons (Fsp3) is 0.450. The van der Waals surface area contributed by atoms with Crippen LogP contribution in [0.5, 0.6) is 11.5 Å². The van der Waals surface area contributed by atoms with Crippen LogP contribution in [-0.2, 0) is 21.2 Å². The van der Waals surface area contributed by atoms with E-state index < -0.39 is 10.0 Å². The molecule has 2 aromatic rings. The first-order valence-corrected chi connectivity index (χ1v) is 11.8. The summed E-state index contributed by atoms with van der Waals surface area (Å²) in [4.78, 5) is 13.8. The quantitative estimate of drug-likeness (QED) is 0.685. The number of rotatable bonds is 8. The van der Waals surface area contributed by atoms with Crippen molar-refractivity contribution in [3.8, 4) is 11.5 Å². The van der Waals surface area contributed by atoms with Crippen molar-refractivity contribution >= 4 is 27.3 Å². The number of hydrogen-bond acceptors (Lipinski definition) is 6. The molecule has 1 amide bonds. The van der Waals surface area contributed by atoms with Gasteiger partial charge in [-0.05, 0) is 42.8 Å². The van der Waals surface area contributed by atoms with Gasteiger partial charge in [-0.3, -0.25) is 4.79 Å². The molecular weight excluding hydrogens is 412 g/mol. The van der Waals surface area contributed by atoms with E-state index in [-0.39, 0.29) is 16.7 Å². The zero-order chi connectivity index (χ0) is 20.9. The van der Waals surface area contributed by atoms with Crippen LogP contribution in [0.25, 0.3) is 0 Å². The summed E-state index contributed by atoms with van der Waals surface area (Å²) in [5.74, 6) is 0.692. The third-order valence-corrected chi connectivity index (χ3v) is 7.90. The molecule has 0 bridgehead atoms. The summed E-state index contributed by atoms with van der Waals surface area (Å²) in [5.41, 5.74) is 0. The normalized spacial score (nSPS) is 15.8. The topological polar surface area (TPSA) is 84.9 Å². The Balaban J connectivity index is 1.55. The highest BCUT2D eigenvalue weighted by Gasteiger charge is 2.32. The number of nitrogens with zero attached hydrogens (tertiary/aromatic N) is 1. The molecule has 7 nitrogen and oxygen atoms in total. The number of piperidine rings is 1. The average molecular weight is 439 g/mol. The van der Waals surface area contributed by atoms with Gasteiger partial charge in [0.1, 0.15) is 0 Å². The smallest absolute Gasteiger partial charge is 0.243 e. The van der Waals surface area contributed by atoms with Gasteiger partial charge >= 0.3 is 0 Å². The Morgan fingerprint density at radius 3 is 2.52 bits per heavy atom. The number of methoxy groups -OCH3 is 2. The Labute approximate surface area is 175 Å². The maximum atomic E-state index is 13.0. The number of carbonyl (C=O) groups excluding carboxylic acids is 1. The van der Waals surface area contributed by atoms with Gasteiger partial charge < -0.3 is 14.8 Å². The van der Waals surface area contributed by atoms with Crippen LogP contribution in [0.1, 0.15) is 17.7 Å². The van der Waals surface area contributed by atoms with E-state index in [1.807, 2.05) is 17.5 Å². The zero-order valence-corrected chi connectivity index (χ0v) is 18.2. The number of hydrogen-bond donors (Lipinski definition) is 1. The molecule has 1 fully saturated rings. The number of sulfonamides is 1. The summed E-state index contributed by atoms with van der Waals surface area (Å²) >= 11 is 1.67. The van der Waals surface area contributed by atoms with Crippen LogP contribution >= 0.6 is 11.3 Å². The van der Waals surface area contributed by atoms with Gasteiger partial charge in [0, 0.05) is 36.5 Å². The fourth-order valence-electron chi connectivity index (χ4n) is 3.39. The SMILES string of the molecule is COc1ccc(S(=O)(=O)N2CCC(C(=O)NCCc3cccs3)CC2)cc1OC. The first kappa shape index (κ1) is 21.6. The molecule has 29 heavy (non-hydrogen) atoms. The summed E-state index contributed by atoms with van der Waals surface area (Å²) in [6.07, 6.45) is 1.84. The Morgan fingerprint density at radius 1 is 1.17 bits per heavy atom. The number of benzene rings is 1. The molecule has 1 N–H and O–H groups in total. The summed E-state index contributed by atoms with van der Waals surface area (Å²) in [6, 6.07) is 8.61. The molecule has 0 spiro atoms. The average Bonchev–Trinajstić information content (AvgIpc) is 3.26. The molecule has 1 aliphatic rings. The lowest BCUT2D eigenvalue weighted by Crippen LogP contribution is -2.43. The lowest BCUT2D eigenvalue weighted by Gasteiger charge is -2.30. The van der Waals surface area contributed by atoms with E-state index in [1.54, 1.807) is 17.4 Å². The highest BCUT2D eigenvalue weighted by atomic mass is 32.2. The number of amides is 1. The van der Waals surface area contributed by atoms with Gasteiger partial charge in [0.05, 0.1) is 19.1 Å². The van der Waals surface area contributed by atoms with Crippen molar-refractivity contribution in [3.05, 3.63) is 40.6 Å². The molecule has 1 aromatic carbocycles. The van der Waals surface area contributed by atoms with Crippen LogP contribution in [0.15, 0.2) is 40.6 Å². The van der Waals surface area contributed by atoms with Crippen LogP contribution in [-0.4, -0.2) is 52.5 Å². The third kappa shape index (κ3) is 5.09. The summed E-state index contributed by atoms with van der Waals surface area (Å²) < 4.78 is 37.7. The van der Waals surface area contributed by atoms with Crippen molar-refractivity contribution < 1.29 is 22.7 Å². The second-order valence-electron chi connectivity index (χ2n) is 6.82. The number of nitrogens with one attached hydrogen (secondary N) is 1. The molecule has 158 valence electrons. The molecule has 0 saturated carbocycles. The first-order valence-electron chi connectivity index (χ1n) is 9.48. The number of thiophene rings is 1. The minimum Gasteiger partial charge on any atom is -0.493 e. The zero-order valence-electron chi connectivity index (χ0n) is 16.6. The van der Waals surface area contributed by atoms with E-state index in [0.29, 0.717) is 44.0 Å². The highest BCUT2D eigenvalue weighted by Crippen LogP contribution is 2.32. The van der Waals surface area contributed by atoms with Crippen molar-refractivity contribution in [2.45, 2.75) is 24.2 Å². The van der Waals surface area contributed by atoms with Gasteiger partial charge in [0.2, 0.25) is 15.9 Å². The van der Waals surface area contributed by atoms with Gasteiger partial charge in [-0.1, -0.05) is 6.07 Å². The fourth-order valence-corrected chi connectivity index (χ4v) is 5.59. The molecular formula is C20H26N2O5S2. The van der Waals surface area contributed by atoms with E-state index in [4.69, 9.17) is 9.47 Å². The van der Waals surface area contributed by atoms with Crippen molar-refractivity contribution in [1.82, 2.24) is 9.62 Å². The lowest BCUT2D eigenvalue weighted by molar-refractivity contribution is -0.126. The third-order valence-electron chi connectivity index (χ3n) is 5.07. The van der Waals surface area contributed by atoms with Crippen molar-refractivity contribution in [2.24, 2.45) is 5.92 Å². The van der Waals surface area contributed by atoms with E-state index >= 15 is 0 Å². The van der Waals surface area contributed by atoms with Gasteiger partial charge in [0.25, 0.3) is 0 Å². The van der Waals surface area contributed by atoms with Crippen LogP contribution in [0.4, 0.5) is 0 Å². The van der Waals surface area contributed by atoms with Gasteiger partial charge in [-0.25, -0.2) is 8.42 Å². The number of ether oxygens (including phenoxy) is 2. The molecule has 1 aromatic heterocycles. The molecule has 0 unspecified atom stereocenters. The highest BCUT2D eigenvalue weighted by molar-refractivity contribution is 7.89. The Kier molecular flexibility index (Phi) is 7.15. The second kappa shape index (κ2) is 9.60. The lowest BCUT2D eigenvalue weighted by atomic mass is 9.97. The van der Waals surface area contributed by atoms with Gasteiger partial charge in [-0.15, -0.1) is 11.3 Å². The largest absolute Gasteiger partial charge is 0.493 e. The molecule has 9 heteroatoms. The van der Waals surface area contributed by atoms with Crippen molar-refractivity contribution in [1.29, 1.82) is 0 Å². The van der Waals surface area contributed by atoms with Crippen LogP contribution in [0, 0.1) is 5.92 Å². The van der Waals surface area contributed by atoms with Gasteiger partial charge in [-0.2, -0.15) is 4.31 Å². The molecule has 0 radical (unpaired) electrons. The van der Waals surface area contributed by atoms with Crippen molar-refractivity contribution in [3.63, 3.8) is 0 Å². The van der Waals surface area contributed by atoms with E-state index in [2.05, 4.69) is 5.32 Å². The van der Waals surface area contributed by atoms with E-state index in [1.165, 1.54) is 35.5 Å². The summed E-state index contributed by atoms with van der Waals surface area (Å²) in [6.45, 7) is 1.24. The monoisotopic (exact) mass is 438 g/mol. The van der Waals surface area contributed by atoms with E-state index in [0.717, 1.165) is 6.42 Å². The molecule has 0 atom stereocenters. The van der Waals surface area contributed by atoms with Gasteiger partial charge in [0.15, 0.2) is 11.5 Å². The predicted octanol–water partition coefficient (Wildman–Crippen LogP) is 2.52. The molecule has 2 heterocycles. The predicted molar refractivity (Wildman–Crippen MR) is 112 cm³/mol. The summed E-state index contributed by atoms with van der Waals surface area (Å²) in [5, 5.41) is 4.99. The Bertz CT molecular complexity index is 920. The maximum Gasteiger partial charge on any atom is 0.243 e. The second-order valence-corrected chi connectivity index (χ2v) is 9.79.